The summed E-state index contributed by atoms with van der Waals surface area (Å²) in [5, 5.41) is 3.56. The van der Waals surface area contributed by atoms with Gasteiger partial charge in [-0.15, -0.1) is 0 Å². The van der Waals surface area contributed by atoms with Crippen molar-refractivity contribution < 1.29 is 49.5 Å². The normalized spacial score (nSPS) is 12.9. The van der Waals surface area contributed by atoms with Gasteiger partial charge in [-0.3, -0.25) is 0 Å². The molecule has 0 bridgehead atoms. The molecule has 0 unspecified atom stereocenters. The van der Waals surface area contributed by atoms with Crippen LogP contribution in [-0.4, -0.2) is 18.9 Å². The van der Waals surface area contributed by atoms with Gasteiger partial charge in [-0.1, -0.05) is 0 Å². The first-order chi connectivity index (χ1) is 41.6. The van der Waals surface area contributed by atoms with Gasteiger partial charge in [0.15, 0.2) is 0 Å². The van der Waals surface area contributed by atoms with E-state index in [4.69, 9.17) is 13.5 Å². The average Bonchev–Trinajstić information content (AvgIpc) is 0.725. The molecule has 0 saturated carbocycles. The van der Waals surface area contributed by atoms with E-state index in [2.05, 4.69) is 0 Å². The Morgan fingerprint density at radius 2 is 0.547 bits per heavy atom. The molecule has 0 atom stereocenters. The third-order valence-electron chi connectivity index (χ3n) is 15.7. The number of carbonyl (C=O) groups excluding carboxylic acids is 2. The van der Waals surface area contributed by atoms with Crippen LogP contribution in [-0.2, 0) is 33.6 Å². The van der Waals surface area contributed by atoms with Gasteiger partial charge in [0, 0.05) is 0 Å². The minimum absolute atomic E-state index is 0.0159. The molecule has 11 aromatic carbocycles. The summed E-state index contributed by atoms with van der Waals surface area (Å²) in [5.41, 5.74) is -0.166. The summed E-state index contributed by atoms with van der Waals surface area (Å²) >= 11 is 0. The van der Waals surface area contributed by atoms with E-state index in [1.807, 2.05) is 218 Å². The van der Waals surface area contributed by atoms with Crippen LogP contribution < -0.4 is 36.5 Å². The van der Waals surface area contributed by atoms with Gasteiger partial charge in [0.2, 0.25) is 0 Å². The summed E-state index contributed by atoms with van der Waals surface area (Å²) in [6.45, 7) is -10.2. The standard InChI is InChI=1S/C72H55BF6O5P2/c74-71(75,76)60-49-61(72(77,78)79)51-62(50-60)82-73(83-85(63-29-13-3-14-30-63,64-31-15-4-16-32-64,65-33-17-5-18-34-65)52-54-41-45-58(46-42-54)69(80)56-25-9-1-10-26-56)84-86(66-35-19-6-20-36-66,67-37-21-7-22-38-67,68-39-23-8-24-40-68)53-55-43-47-59(48-44-55)70(81)57-27-11-2-12-28-57/h1-51H,52-53H2. The van der Waals surface area contributed by atoms with Gasteiger partial charge < -0.3 is 0 Å². The van der Waals surface area contributed by atoms with Crippen molar-refractivity contribution in [3.8, 4) is 5.75 Å². The molecule has 11 rings (SSSR count). The van der Waals surface area contributed by atoms with Crippen molar-refractivity contribution in [1.82, 2.24) is 0 Å². The van der Waals surface area contributed by atoms with Crippen LogP contribution >= 0.6 is 13.7 Å². The van der Waals surface area contributed by atoms with Gasteiger partial charge in [0.05, 0.1) is 0 Å². The molecule has 14 heteroatoms. The Bertz CT molecular complexity index is 3630. The molecule has 0 aliphatic heterocycles. The summed E-state index contributed by atoms with van der Waals surface area (Å²) in [6.07, 6.45) is -10.6. The summed E-state index contributed by atoms with van der Waals surface area (Å²) < 4.78 is 115. The number of rotatable bonds is 20. The number of benzene rings is 11. The maximum atomic E-state index is 15.2. The zero-order valence-electron chi connectivity index (χ0n) is 46.1. The third kappa shape index (κ3) is 11.3. The molecule has 0 heterocycles. The second kappa shape index (κ2) is 24.2. The van der Waals surface area contributed by atoms with Gasteiger partial charge >= 0.3 is 498 Å². The summed E-state index contributed by atoms with van der Waals surface area (Å²) in [5.74, 6) is -1.28. The molecule has 0 aliphatic rings. The van der Waals surface area contributed by atoms with Gasteiger partial charge in [-0.2, -0.15) is 0 Å². The van der Waals surface area contributed by atoms with Crippen LogP contribution in [0.25, 0.3) is 0 Å². The first-order valence-electron chi connectivity index (χ1n) is 27.7. The third-order valence-corrected chi connectivity index (χ3v) is 27.3. The van der Waals surface area contributed by atoms with E-state index in [0.717, 1.165) is 0 Å². The van der Waals surface area contributed by atoms with E-state index in [1.54, 1.807) is 72.8 Å². The summed E-state index contributed by atoms with van der Waals surface area (Å²) in [7, 11) is -2.23. The second-order valence-electron chi connectivity index (χ2n) is 20.9. The molecule has 0 amide bonds. The Kier molecular flexibility index (Phi) is 16.5. The predicted octanol–water partition coefficient (Wildman–Crippen LogP) is 15.9. The number of ketones is 2. The van der Waals surface area contributed by atoms with Gasteiger partial charge in [0.25, 0.3) is 0 Å². The average molecular weight is 1190 g/mol. The second-order valence-corrected chi connectivity index (χ2v) is 29.9. The van der Waals surface area contributed by atoms with E-state index in [0.29, 0.717) is 77.3 Å². The summed E-state index contributed by atoms with van der Waals surface area (Å²) in [6, 6.07) is 89.1. The number of carbonyl (C=O) groups is 2. The van der Waals surface area contributed by atoms with E-state index < -0.39 is 50.2 Å². The fourth-order valence-electron chi connectivity index (χ4n) is 11.6. The van der Waals surface area contributed by atoms with E-state index in [-0.39, 0.29) is 30.0 Å². The molecule has 5 nitrogen and oxygen atoms in total. The Morgan fingerprint density at radius 3 is 0.791 bits per heavy atom. The number of halogens is 6. The molecule has 0 aromatic heterocycles. The Balaban J connectivity index is 1.25. The predicted molar refractivity (Wildman–Crippen MR) is 335 cm³/mol. The van der Waals surface area contributed by atoms with Gasteiger partial charge in [0.1, 0.15) is 0 Å². The first kappa shape index (κ1) is 58.7. The number of alkyl halides is 6. The van der Waals surface area contributed by atoms with E-state index >= 15 is 26.3 Å². The van der Waals surface area contributed by atoms with Crippen molar-refractivity contribution in [3.63, 3.8) is 0 Å². The van der Waals surface area contributed by atoms with Crippen molar-refractivity contribution in [2.24, 2.45) is 0 Å². The quantitative estimate of drug-likeness (QED) is 0.0329. The molecule has 0 aliphatic carbocycles. The molecule has 86 heavy (non-hydrogen) atoms. The Morgan fingerprint density at radius 1 is 0.314 bits per heavy atom. The molecule has 0 radical (unpaired) electrons. The molecular weight excluding hydrogens is 1130 g/mol. The molecular formula is C72H55BF6O5P2. The SMILES string of the molecule is O=C(c1ccccc1)c1ccc(CP(OB(Oc2cc(C(F)(F)F)cc(C(F)(F)F)c2)OP(Cc2ccc(C(=O)c3ccccc3)cc2)(c2ccccc2)(c2ccccc2)c2ccccc2)(c2ccccc2)(c2ccccc2)c2ccccc2)cc1. The van der Waals surface area contributed by atoms with Gasteiger partial charge in [-0.05, 0) is 0 Å². The Hall–Kier alpha value is -9.02. The summed E-state index contributed by atoms with van der Waals surface area (Å²) in [4.78, 5) is 28.0. The molecule has 428 valence electrons. The minimum atomic E-state index is -5.27. The fraction of sp³-hybridized carbons (Fsp3) is 0.0556. The monoisotopic (exact) mass is 1190 g/mol. The molecule has 0 spiro atoms. The van der Waals surface area contributed by atoms with Crippen molar-refractivity contribution in [2.75, 3.05) is 0 Å². The fourth-order valence-corrected chi connectivity index (χ4v) is 23.0. The number of hydrogen-bond donors (Lipinski definition) is 0. The van der Waals surface area contributed by atoms with E-state index in [1.165, 1.54) is 0 Å². The molecule has 0 N–H and O–H groups in total. The zero-order valence-corrected chi connectivity index (χ0v) is 47.9. The topological polar surface area (TPSA) is 61.8 Å². The van der Waals surface area contributed by atoms with Crippen molar-refractivity contribution in [3.05, 3.63) is 354 Å². The van der Waals surface area contributed by atoms with Crippen LogP contribution in [0, 0.1) is 0 Å². The van der Waals surface area contributed by atoms with Crippen molar-refractivity contribution in [2.45, 2.75) is 24.7 Å². The molecule has 11 aromatic rings. The molecule has 0 fully saturated rings. The van der Waals surface area contributed by atoms with Crippen molar-refractivity contribution in [1.29, 1.82) is 0 Å². The van der Waals surface area contributed by atoms with Gasteiger partial charge in [-0.25, -0.2) is 0 Å². The molecule has 0 saturated heterocycles. The maximum absolute atomic E-state index is 15.2. The van der Waals surface area contributed by atoms with E-state index in [9.17, 15) is 9.59 Å². The number of hydrogen-bond acceptors (Lipinski definition) is 5. The van der Waals surface area contributed by atoms with Crippen LogP contribution in [0.2, 0.25) is 0 Å². The Labute approximate surface area is 495 Å². The first-order valence-corrected chi connectivity index (χ1v) is 32.3. The van der Waals surface area contributed by atoms with Crippen LogP contribution in [0.3, 0.4) is 0 Å². The van der Waals surface area contributed by atoms with Crippen LogP contribution in [0.1, 0.15) is 54.1 Å². The van der Waals surface area contributed by atoms with Crippen molar-refractivity contribution >= 4 is 64.4 Å². The zero-order chi connectivity index (χ0) is 59.9. The van der Waals surface area contributed by atoms with Crippen LogP contribution in [0.15, 0.2) is 309 Å². The van der Waals surface area contributed by atoms with Crippen LogP contribution in [0.5, 0.6) is 5.75 Å². The van der Waals surface area contributed by atoms with Crippen LogP contribution in [0.4, 0.5) is 26.3 Å².